The summed E-state index contributed by atoms with van der Waals surface area (Å²) in [5, 5.41) is 0. The summed E-state index contributed by atoms with van der Waals surface area (Å²) < 4.78 is 52.8. The number of anilines is 1. The van der Waals surface area contributed by atoms with Crippen molar-refractivity contribution in [3.63, 3.8) is 0 Å². The van der Waals surface area contributed by atoms with Gasteiger partial charge in [-0.3, -0.25) is 9.78 Å². The summed E-state index contributed by atoms with van der Waals surface area (Å²) in [7, 11) is 0. The minimum atomic E-state index is -4.57. The highest BCUT2D eigenvalue weighted by atomic mass is 19.4. The Morgan fingerprint density at radius 3 is 2.27 bits per heavy atom. The number of nitrogens with zero attached hydrogens (tertiary/aromatic N) is 2. The van der Waals surface area contributed by atoms with Gasteiger partial charge in [0.1, 0.15) is 11.6 Å². The van der Waals surface area contributed by atoms with Gasteiger partial charge in [0.05, 0.1) is 23.7 Å². The van der Waals surface area contributed by atoms with Crippen molar-refractivity contribution in [1.82, 2.24) is 9.97 Å². The molecule has 0 aliphatic carbocycles. The van der Waals surface area contributed by atoms with Crippen LogP contribution >= 0.6 is 0 Å². The van der Waals surface area contributed by atoms with Crippen molar-refractivity contribution in [3.8, 4) is 22.4 Å². The minimum absolute atomic E-state index is 0.154. The zero-order valence-corrected chi connectivity index (χ0v) is 13.1. The van der Waals surface area contributed by atoms with Crippen molar-refractivity contribution in [3.05, 3.63) is 65.7 Å². The molecule has 0 spiro atoms. The van der Waals surface area contributed by atoms with Crippen LogP contribution in [0.3, 0.4) is 0 Å². The molecule has 3 aromatic rings. The molecule has 26 heavy (non-hydrogen) atoms. The summed E-state index contributed by atoms with van der Waals surface area (Å²) in [5.74, 6) is -0.468. The molecule has 132 valence electrons. The number of alkyl halides is 3. The Labute approximate surface area is 145 Å². The highest BCUT2D eigenvalue weighted by molar-refractivity contribution is 5.88. The van der Waals surface area contributed by atoms with Crippen molar-refractivity contribution >= 4 is 12.1 Å². The molecule has 0 fully saturated rings. The van der Waals surface area contributed by atoms with Crippen molar-refractivity contribution in [2.45, 2.75) is 6.18 Å². The van der Waals surface area contributed by atoms with Crippen LogP contribution in [0.1, 0.15) is 15.9 Å². The third kappa shape index (κ3) is 3.39. The van der Waals surface area contributed by atoms with Gasteiger partial charge in [0.15, 0.2) is 6.29 Å². The summed E-state index contributed by atoms with van der Waals surface area (Å²) in [6, 6.07) is 6.76. The number of hydrogen-bond donors (Lipinski definition) is 1. The number of aromatic nitrogens is 2. The van der Waals surface area contributed by atoms with E-state index in [0.29, 0.717) is 6.29 Å². The average molecular weight is 361 g/mol. The molecule has 0 radical (unpaired) electrons. The Morgan fingerprint density at radius 2 is 1.69 bits per heavy atom. The number of carbonyl (C=O) groups excluding carboxylic acids is 1. The van der Waals surface area contributed by atoms with E-state index in [-0.39, 0.29) is 33.8 Å². The van der Waals surface area contributed by atoms with Gasteiger partial charge in [-0.1, -0.05) is 12.1 Å². The van der Waals surface area contributed by atoms with E-state index in [2.05, 4.69) is 9.97 Å². The van der Waals surface area contributed by atoms with Crippen LogP contribution in [0.25, 0.3) is 22.4 Å². The highest BCUT2D eigenvalue weighted by Gasteiger charge is 2.31. The van der Waals surface area contributed by atoms with Gasteiger partial charge < -0.3 is 5.73 Å². The minimum Gasteiger partial charge on any atom is -0.382 e. The number of hydrogen-bond acceptors (Lipinski definition) is 4. The van der Waals surface area contributed by atoms with Gasteiger partial charge >= 0.3 is 6.18 Å². The monoisotopic (exact) mass is 361 g/mol. The number of aldehydes is 1. The van der Waals surface area contributed by atoms with E-state index in [9.17, 15) is 22.4 Å². The van der Waals surface area contributed by atoms with Gasteiger partial charge in [0, 0.05) is 11.1 Å². The lowest BCUT2D eigenvalue weighted by molar-refractivity contribution is -0.137. The predicted molar refractivity (Wildman–Crippen MR) is 87.7 cm³/mol. The maximum absolute atomic E-state index is 14.5. The fourth-order valence-corrected chi connectivity index (χ4v) is 2.47. The number of benzene rings is 2. The normalized spacial score (nSPS) is 11.4. The molecule has 0 unspecified atom stereocenters. The molecule has 4 nitrogen and oxygen atoms in total. The molecule has 0 aliphatic heterocycles. The van der Waals surface area contributed by atoms with E-state index in [1.54, 1.807) is 0 Å². The predicted octanol–water partition coefficient (Wildman–Crippen LogP) is 4.36. The summed E-state index contributed by atoms with van der Waals surface area (Å²) in [6.45, 7) is 0. The van der Waals surface area contributed by atoms with E-state index < -0.39 is 17.6 Å². The first-order valence-corrected chi connectivity index (χ1v) is 7.34. The smallest absolute Gasteiger partial charge is 0.382 e. The molecule has 1 aromatic heterocycles. The van der Waals surface area contributed by atoms with Crippen molar-refractivity contribution in [1.29, 1.82) is 0 Å². The van der Waals surface area contributed by atoms with Gasteiger partial charge in [-0.25, -0.2) is 9.37 Å². The molecule has 3 rings (SSSR count). The van der Waals surface area contributed by atoms with Crippen LogP contribution in [-0.4, -0.2) is 16.3 Å². The molecule has 8 heteroatoms. The molecule has 2 N–H and O–H groups in total. The van der Waals surface area contributed by atoms with E-state index in [1.165, 1.54) is 24.5 Å². The molecule has 2 aromatic carbocycles. The Kier molecular flexibility index (Phi) is 4.41. The Hall–Kier alpha value is -3.29. The van der Waals surface area contributed by atoms with Crippen LogP contribution in [0.4, 0.5) is 23.4 Å². The van der Waals surface area contributed by atoms with Gasteiger partial charge in [-0.05, 0) is 35.4 Å². The van der Waals surface area contributed by atoms with Crippen molar-refractivity contribution < 1.29 is 22.4 Å². The summed E-state index contributed by atoms with van der Waals surface area (Å²) in [5.41, 5.74) is 5.18. The van der Waals surface area contributed by atoms with Gasteiger partial charge in [-0.2, -0.15) is 13.2 Å². The summed E-state index contributed by atoms with van der Waals surface area (Å²) in [4.78, 5) is 19.0. The fraction of sp³-hybridized carbons (Fsp3) is 0.0556. The maximum Gasteiger partial charge on any atom is 0.416 e. The molecule has 0 saturated heterocycles. The molecular weight excluding hydrogens is 350 g/mol. The zero-order chi connectivity index (χ0) is 18.9. The topological polar surface area (TPSA) is 68.9 Å². The SMILES string of the molecule is Nc1cnc(-c2ccc(-c3ccc(C(F)(F)F)cc3C=O)cc2F)cn1. The zero-order valence-electron chi connectivity index (χ0n) is 13.1. The van der Waals surface area contributed by atoms with Crippen LogP contribution < -0.4 is 5.73 Å². The number of nitrogens with two attached hydrogens (primary N) is 1. The first-order chi connectivity index (χ1) is 12.3. The number of nitrogen functional groups attached to an aromatic ring is 1. The first-order valence-electron chi connectivity index (χ1n) is 7.34. The molecule has 1 heterocycles. The molecule has 0 aliphatic rings. The van der Waals surface area contributed by atoms with Gasteiger partial charge in [-0.15, -0.1) is 0 Å². The quantitative estimate of drug-likeness (QED) is 0.556. The third-order valence-corrected chi connectivity index (χ3v) is 3.73. The fourth-order valence-electron chi connectivity index (χ4n) is 2.47. The Balaban J connectivity index is 2.04. The maximum atomic E-state index is 14.5. The molecule has 0 bridgehead atoms. The average Bonchev–Trinajstić information content (AvgIpc) is 2.61. The van der Waals surface area contributed by atoms with E-state index >= 15 is 0 Å². The Morgan fingerprint density at radius 1 is 0.962 bits per heavy atom. The standard InChI is InChI=1S/C18H11F4N3O/c19-15-6-10(1-3-14(15)16-7-25-17(23)8-24-16)13-4-2-12(18(20,21)22)5-11(13)9-26/h1-9H,(H2,23,25). The molecule has 0 atom stereocenters. The van der Waals surface area contributed by atoms with Crippen LogP contribution in [0.15, 0.2) is 48.8 Å². The Bertz CT molecular complexity index is 969. The largest absolute Gasteiger partial charge is 0.416 e. The van der Waals surface area contributed by atoms with E-state index in [4.69, 9.17) is 5.73 Å². The molecule has 0 amide bonds. The number of rotatable bonds is 3. The van der Waals surface area contributed by atoms with Gasteiger partial charge in [0.2, 0.25) is 0 Å². The number of halogens is 4. The summed E-state index contributed by atoms with van der Waals surface area (Å²) in [6.07, 6.45) is -1.67. The van der Waals surface area contributed by atoms with Gasteiger partial charge in [0.25, 0.3) is 0 Å². The molecular formula is C18H11F4N3O. The van der Waals surface area contributed by atoms with Crippen LogP contribution in [0.2, 0.25) is 0 Å². The summed E-state index contributed by atoms with van der Waals surface area (Å²) >= 11 is 0. The third-order valence-electron chi connectivity index (χ3n) is 3.73. The lowest BCUT2D eigenvalue weighted by Gasteiger charge is -2.11. The lowest BCUT2D eigenvalue weighted by atomic mass is 9.96. The lowest BCUT2D eigenvalue weighted by Crippen LogP contribution is -2.06. The first kappa shape index (κ1) is 17.5. The van der Waals surface area contributed by atoms with Crippen molar-refractivity contribution in [2.75, 3.05) is 5.73 Å². The van der Waals surface area contributed by atoms with Crippen LogP contribution in [0.5, 0.6) is 0 Å². The van der Waals surface area contributed by atoms with Crippen molar-refractivity contribution in [2.24, 2.45) is 0 Å². The van der Waals surface area contributed by atoms with Crippen LogP contribution in [-0.2, 0) is 6.18 Å². The second-order valence-corrected chi connectivity index (χ2v) is 5.44. The second-order valence-electron chi connectivity index (χ2n) is 5.44. The van der Waals surface area contributed by atoms with E-state index in [1.807, 2.05) is 0 Å². The molecule has 0 saturated carbocycles. The van der Waals surface area contributed by atoms with E-state index in [0.717, 1.165) is 24.3 Å². The number of carbonyl (C=O) groups is 1. The second kappa shape index (κ2) is 6.55. The highest BCUT2D eigenvalue weighted by Crippen LogP contribution is 2.34. The van der Waals surface area contributed by atoms with Crippen LogP contribution in [0, 0.1) is 5.82 Å².